The first-order valence-corrected chi connectivity index (χ1v) is 16.6. The van der Waals surface area contributed by atoms with Crippen molar-refractivity contribution >= 4 is 33.8 Å². The SMILES string of the molecule is COCC1CCCCCCC2CC2(C(=O)NS(=O)(=O)C2CC2)NC(=O)C2CC(O)CN2C(=O)C1NC(=O)OC(C)(C)C. The molecule has 4 amide bonds. The highest BCUT2D eigenvalue weighted by atomic mass is 32.2. The number of fused-ring (bicyclic) bond motifs is 2. The van der Waals surface area contributed by atoms with E-state index >= 15 is 0 Å². The molecule has 0 spiro atoms. The number of carbonyl (C=O) groups is 4. The van der Waals surface area contributed by atoms with Gasteiger partial charge in [0.2, 0.25) is 21.8 Å². The van der Waals surface area contributed by atoms with Gasteiger partial charge in [0.1, 0.15) is 23.2 Å². The summed E-state index contributed by atoms with van der Waals surface area (Å²) < 4.78 is 38.2. The Morgan fingerprint density at radius 3 is 2.38 bits per heavy atom. The van der Waals surface area contributed by atoms with Crippen LogP contribution in [0.1, 0.15) is 85.0 Å². The van der Waals surface area contributed by atoms with Crippen LogP contribution >= 0.6 is 0 Å². The Morgan fingerprint density at radius 1 is 1.10 bits per heavy atom. The third kappa shape index (κ3) is 7.73. The van der Waals surface area contributed by atoms with Gasteiger partial charge in [0.05, 0.1) is 18.0 Å². The van der Waals surface area contributed by atoms with Crippen molar-refractivity contribution in [2.45, 2.75) is 120 Å². The Morgan fingerprint density at radius 2 is 1.76 bits per heavy atom. The molecule has 6 unspecified atom stereocenters. The maximum absolute atomic E-state index is 14.1. The van der Waals surface area contributed by atoms with Crippen molar-refractivity contribution in [3.8, 4) is 0 Å². The van der Waals surface area contributed by atoms with Crippen LogP contribution in [0.2, 0.25) is 0 Å². The van der Waals surface area contributed by atoms with Gasteiger partial charge in [-0.1, -0.05) is 25.7 Å². The molecular formula is C28H46N4O9S. The molecule has 238 valence electrons. The lowest BCUT2D eigenvalue weighted by Gasteiger charge is -2.33. The monoisotopic (exact) mass is 614 g/mol. The highest BCUT2D eigenvalue weighted by Gasteiger charge is 2.62. The lowest BCUT2D eigenvalue weighted by atomic mass is 9.92. The molecule has 0 bridgehead atoms. The fourth-order valence-electron chi connectivity index (χ4n) is 6.16. The molecule has 2 saturated carbocycles. The molecule has 4 rings (SSSR count). The van der Waals surface area contributed by atoms with Crippen LogP contribution in [0.25, 0.3) is 0 Å². The van der Waals surface area contributed by atoms with E-state index in [0.717, 1.165) is 25.7 Å². The molecule has 4 N–H and O–H groups in total. The number of aliphatic hydroxyl groups is 1. The summed E-state index contributed by atoms with van der Waals surface area (Å²) in [5.41, 5.74) is -2.20. The number of amides is 4. The number of alkyl carbamates (subject to hydrolysis) is 1. The molecule has 0 radical (unpaired) electrons. The average molecular weight is 615 g/mol. The standard InChI is InChI=1S/C28H46N4O9S/c1-27(2,3)41-26(37)29-22-17(16-40-4)9-7-5-6-8-10-18-14-28(18,25(36)31-42(38,39)20-11-12-20)30-23(34)21-13-19(33)15-32(21)24(22)35/h17-22,33H,5-16H2,1-4H3,(H,29,37)(H,30,34)(H,31,36). The highest BCUT2D eigenvalue weighted by Crippen LogP contribution is 2.48. The van der Waals surface area contributed by atoms with E-state index in [9.17, 15) is 32.7 Å². The molecule has 2 aliphatic carbocycles. The van der Waals surface area contributed by atoms with Crippen LogP contribution in [-0.4, -0.2) is 97.1 Å². The molecular weight excluding hydrogens is 568 g/mol. The number of hydrogen-bond acceptors (Lipinski definition) is 9. The lowest BCUT2D eigenvalue weighted by molar-refractivity contribution is -0.142. The van der Waals surface area contributed by atoms with Gasteiger partial charge in [-0.2, -0.15) is 0 Å². The summed E-state index contributed by atoms with van der Waals surface area (Å²) in [7, 11) is -2.31. The van der Waals surface area contributed by atoms with Gasteiger partial charge in [-0.3, -0.25) is 19.1 Å². The summed E-state index contributed by atoms with van der Waals surface area (Å²) in [6, 6.07) is -2.20. The number of rotatable bonds is 6. The van der Waals surface area contributed by atoms with E-state index in [1.165, 1.54) is 12.0 Å². The van der Waals surface area contributed by atoms with Crippen molar-refractivity contribution in [3.05, 3.63) is 0 Å². The van der Waals surface area contributed by atoms with Crippen molar-refractivity contribution in [2.24, 2.45) is 11.8 Å². The molecule has 6 atom stereocenters. The van der Waals surface area contributed by atoms with Crippen LogP contribution in [-0.2, 0) is 33.9 Å². The summed E-state index contributed by atoms with van der Waals surface area (Å²) in [6.45, 7) is 5.17. The zero-order chi connectivity index (χ0) is 30.9. The molecule has 4 fully saturated rings. The number of hydrogen-bond donors (Lipinski definition) is 4. The molecule has 2 heterocycles. The van der Waals surface area contributed by atoms with E-state index in [1.54, 1.807) is 20.8 Å². The first-order valence-electron chi connectivity index (χ1n) is 15.0. The zero-order valence-corrected chi connectivity index (χ0v) is 25.8. The number of sulfonamides is 1. The lowest BCUT2D eigenvalue weighted by Crippen LogP contribution is -2.59. The van der Waals surface area contributed by atoms with E-state index in [-0.39, 0.29) is 25.5 Å². The zero-order valence-electron chi connectivity index (χ0n) is 25.0. The maximum atomic E-state index is 14.1. The maximum Gasteiger partial charge on any atom is 0.408 e. The van der Waals surface area contributed by atoms with Crippen molar-refractivity contribution in [1.29, 1.82) is 0 Å². The Labute approximate surface area is 247 Å². The highest BCUT2D eigenvalue weighted by molar-refractivity contribution is 7.91. The van der Waals surface area contributed by atoms with E-state index in [4.69, 9.17) is 9.47 Å². The number of aliphatic hydroxyl groups excluding tert-OH is 1. The van der Waals surface area contributed by atoms with Gasteiger partial charge >= 0.3 is 6.09 Å². The summed E-state index contributed by atoms with van der Waals surface area (Å²) >= 11 is 0. The van der Waals surface area contributed by atoms with E-state index < -0.39 is 74.3 Å². The second kappa shape index (κ2) is 12.7. The fraction of sp³-hybridized carbons (Fsp3) is 0.857. The van der Waals surface area contributed by atoms with Gasteiger partial charge < -0.3 is 30.1 Å². The third-order valence-corrected chi connectivity index (χ3v) is 10.4. The minimum Gasteiger partial charge on any atom is -0.444 e. The molecule has 13 nitrogen and oxygen atoms in total. The van der Waals surface area contributed by atoms with Gasteiger partial charge in [0, 0.05) is 26.0 Å². The second-order valence-corrected chi connectivity index (χ2v) is 15.2. The van der Waals surface area contributed by atoms with Gasteiger partial charge in [0.15, 0.2) is 0 Å². The number of nitrogens with zero attached hydrogens (tertiary/aromatic N) is 1. The minimum absolute atomic E-state index is 0.0611. The Kier molecular flexibility index (Phi) is 9.78. The van der Waals surface area contributed by atoms with Crippen molar-refractivity contribution in [1.82, 2.24) is 20.3 Å². The van der Waals surface area contributed by atoms with E-state index in [0.29, 0.717) is 32.1 Å². The molecule has 0 aromatic rings. The number of nitrogens with one attached hydrogen (secondary N) is 3. The van der Waals surface area contributed by atoms with E-state index in [2.05, 4.69) is 15.4 Å². The van der Waals surface area contributed by atoms with Gasteiger partial charge in [-0.05, 0) is 58.8 Å². The van der Waals surface area contributed by atoms with Gasteiger partial charge in [0.25, 0.3) is 5.91 Å². The predicted molar refractivity (Wildman–Crippen MR) is 151 cm³/mol. The number of carbonyl (C=O) groups excluding carboxylic acids is 4. The molecule has 2 saturated heterocycles. The average Bonchev–Trinajstić information content (AvgIpc) is 3.80. The summed E-state index contributed by atoms with van der Waals surface area (Å²) in [5, 5.41) is 15.5. The predicted octanol–water partition coefficient (Wildman–Crippen LogP) is 0.942. The van der Waals surface area contributed by atoms with Crippen LogP contribution in [0, 0.1) is 11.8 Å². The van der Waals surface area contributed by atoms with Crippen molar-refractivity contribution < 1.29 is 42.2 Å². The fourth-order valence-corrected chi connectivity index (χ4v) is 7.53. The quantitative estimate of drug-likeness (QED) is 0.339. The number of methoxy groups -OCH3 is 1. The number of ether oxygens (including phenoxy) is 2. The normalized spacial score (nSPS) is 32.9. The van der Waals surface area contributed by atoms with Crippen molar-refractivity contribution in [2.75, 3.05) is 20.3 Å². The molecule has 0 aromatic heterocycles. The van der Waals surface area contributed by atoms with Crippen LogP contribution in [0.15, 0.2) is 0 Å². The van der Waals surface area contributed by atoms with E-state index in [1.807, 2.05) is 0 Å². The summed E-state index contributed by atoms with van der Waals surface area (Å²) in [4.78, 5) is 55.2. The van der Waals surface area contributed by atoms with Gasteiger partial charge in [-0.15, -0.1) is 0 Å². The second-order valence-electron chi connectivity index (χ2n) is 13.3. The largest absolute Gasteiger partial charge is 0.444 e. The van der Waals surface area contributed by atoms with Crippen molar-refractivity contribution in [3.63, 3.8) is 0 Å². The molecule has 0 aromatic carbocycles. The molecule has 42 heavy (non-hydrogen) atoms. The van der Waals surface area contributed by atoms with Crippen LogP contribution < -0.4 is 15.4 Å². The smallest absolute Gasteiger partial charge is 0.408 e. The Bertz CT molecular complexity index is 1150. The first-order chi connectivity index (χ1) is 19.7. The topological polar surface area (TPSA) is 180 Å². The first kappa shape index (κ1) is 32.5. The van der Waals surface area contributed by atoms with Crippen LogP contribution in [0.3, 0.4) is 0 Å². The Hall–Kier alpha value is -2.45. The van der Waals surface area contributed by atoms with Crippen LogP contribution in [0.5, 0.6) is 0 Å². The van der Waals surface area contributed by atoms with Gasteiger partial charge in [-0.25, -0.2) is 13.2 Å². The summed E-state index contributed by atoms with van der Waals surface area (Å²) in [6.07, 6.45) is 3.88. The van der Waals surface area contributed by atoms with Crippen LogP contribution in [0.4, 0.5) is 4.79 Å². The minimum atomic E-state index is -3.83. The molecule has 4 aliphatic rings. The molecule has 2 aliphatic heterocycles. The Balaban J connectivity index is 1.61. The summed E-state index contributed by atoms with van der Waals surface area (Å²) in [5.74, 6) is -2.61. The molecule has 14 heteroatoms. The third-order valence-electron chi connectivity index (χ3n) is 8.59.